The molecule has 1 spiro atoms. The van der Waals surface area contributed by atoms with Crippen LogP contribution in [0.1, 0.15) is 59.1 Å². The molecule has 2 bridgehead atoms. The minimum absolute atomic E-state index is 0.0113. The van der Waals surface area contributed by atoms with Gasteiger partial charge in [-0.05, 0) is 45.1 Å². The normalized spacial score (nSPS) is 33.1. The number of carbonyl (C=O) groups is 3. The van der Waals surface area contributed by atoms with E-state index in [0.717, 1.165) is 18.4 Å². The van der Waals surface area contributed by atoms with Gasteiger partial charge in [-0.15, -0.1) is 11.8 Å². The highest BCUT2D eigenvalue weighted by Gasteiger charge is 2.76. The highest BCUT2D eigenvalue weighted by Crippen LogP contribution is 2.69. The largest absolute Gasteiger partial charge is 0.394 e. The number of nitrogens with one attached hydrogen (secondary N) is 2. The lowest BCUT2D eigenvalue weighted by Gasteiger charge is -2.41. The molecule has 3 aliphatic heterocycles. The first-order valence-electron chi connectivity index (χ1n) is 12.3. The third kappa shape index (κ3) is 3.92. The molecular formula is C26H37N3O4S. The molecule has 1 aromatic rings. The van der Waals surface area contributed by atoms with Gasteiger partial charge in [0, 0.05) is 17.3 Å². The van der Waals surface area contributed by atoms with E-state index in [0.29, 0.717) is 6.54 Å². The second-order valence-electron chi connectivity index (χ2n) is 10.9. The van der Waals surface area contributed by atoms with Crippen LogP contribution in [0.5, 0.6) is 0 Å². The maximum atomic E-state index is 14.2. The number of hydrogen-bond donors (Lipinski definition) is 3. The first-order chi connectivity index (χ1) is 16.1. The van der Waals surface area contributed by atoms with E-state index in [9.17, 15) is 19.5 Å². The van der Waals surface area contributed by atoms with Gasteiger partial charge >= 0.3 is 0 Å². The van der Waals surface area contributed by atoms with E-state index in [-0.39, 0.29) is 35.5 Å². The number of nitrogens with zero attached hydrogens (tertiary/aromatic N) is 1. The lowest BCUT2D eigenvalue weighted by Crippen LogP contribution is -2.59. The molecule has 3 fully saturated rings. The van der Waals surface area contributed by atoms with Crippen molar-refractivity contribution in [3.8, 4) is 0 Å². The summed E-state index contributed by atoms with van der Waals surface area (Å²) < 4.78 is -0.701. The molecular weight excluding hydrogens is 450 g/mol. The predicted octanol–water partition coefficient (Wildman–Crippen LogP) is 2.50. The van der Waals surface area contributed by atoms with Crippen molar-refractivity contribution >= 4 is 29.5 Å². The van der Waals surface area contributed by atoms with Gasteiger partial charge in [-0.25, -0.2) is 0 Å². The number of amides is 3. The Labute approximate surface area is 206 Å². The van der Waals surface area contributed by atoms with Crippen LogP contribution in [0.2, 0.25) is 0 Å². The van der Waals surface area contributed by atoms with Crippen LogP contribution in [-0.2, 0) is 14.4 Å². The molecule has 3 saturated heterocycles. The fraction of sp³-hybridized carbons (Fsp3) is 0.654. The standard InChI is InChI=1S/C26H37N3O4S/c1-6-12-27-22(31)19-18-13-15(2)26(34-18)20(19)24(33)29(21(26)23(32)28-25(3,4)5)17(14-30)16-10-8-7-9-11-16/h7-11,15,17-21,30H,6,12-14H2,1-5H3,(H,27,31)(H,28,32)/t15?,17-,18+,19-,20+,21?,26?/m1/s1. The summed E-state index contributed by atoms with van der Waals surface area (Å²) in [7, 11) is 0. The van der Waals surface area contributed by atoms with Crippen LogP contribution in [0.3, 0.4) is 0 Å². The van der Waals surface area contributed by atoms with E-state index in [4.69, 9.17) is 0 Å². The van der Waals surface area contributed by atoms with E-state index < -0.39 is 34.2 Å². The molecule has 0 aromatic heterocycles. The molecule has 0 saturated carbocycles. The van der Waals surface area contributed by atoms with Crippen LogP contribution in [0.25, 0.3) is 0 Å². The number of benzene rings is 1. The summed E-state index contributed by atoms with van der Waals surface area (Å²) in [6.07, 6.45) is 1.61. The Hall–Kier alpha value is -2.06. The fourth-order valence-electron chi connectivity index (χ4n) is 6.23. The minimum atomic E-state index is -0.768. The SMILES string of the molecule is CCCNC(=O)[C@@H]1[C@@H]2CC(C)C3(S2)C(C(=O)NC(C)(C)C)N([C@H](CO)c2ccccc2)C(=O)[C@H]13. The van der Waals surface area contributed by atoms with Crippen LogP contribution in [0.4, 0.5) is 0 Å². The molecule has 3 heterocycles. The highest BCUT2D eigenvalue weighted by atomic mass is 32.2. The van der Waals surface area contributed by atoms with E-state index in [2.05, 4.69) is 17.6 Å². The Morgan fingerprint density at radius 3 is 2.50 bits per heavy atom. The van der Waals surface area contributed by atoms with Crippen molar-refractivity contribution in [3.05, 3.63) is 35.9 Å². The number of hydrogen-bond acceptors (Lipinski definition) is 5. The summed E-state index contributed by atoms with van der Waals surface area (Å²) in [4.78, 5) is 43.0. The number of likely N-dealkylation sites (tertiary alicyclic amines) is 1. The van der Waals surface area contributed by atoms with Gasteiger partial charge in [-0.2, -0.15) is 0 Å². The Bertz CT molecular complexity index is 949. The van der Waals surface area contributed by atoms with E-state index in [1.165, 1.54) is 0 Å². The smallest absolute Gasteiger partial charge is 0.244 e. The number of fused-ring (bicyclic) bond motifs is 1. The van der Waals surface area contributed by atoms with Crippen LogP contribution < -0.4 is 10.6 Å². The van der Waals surface area contributed by atoms with E-state index in [1.807, 2.05) is 58.0 Å². The van der Waals surface area contributed by atoms with Gasteiger partial charge in [-0.3, -0.25) is 14.4 Å². The number of aliphatic hydroxyl groups excluding tert-OH is 1. The molecule has 4 rings (SSSR count). The topological polar surface area (TPSA) is 98.7 Å². The summed E-state index contributed by atoms with van der Waals surface area (Å²) in [5.41, 5.74) is 0.298. The quantitative estimate of drug-likeness (QED) is 0.549. The molecule has 7 atom stereocenters. The second-order valence-corrected chi connectivity index (χ2v) is 12.5. The van der Waals surface area contributed by atoms with Crippen molar-refractivity contribution in [2.45, 2.75) is 75.1 Å². The number of thioether (sulfide) groups is 1. The Balaban J connectivity index is 1.82. The lowest BCUT2D eigenvalue weighted by atomic mass is 9.65. The zero-order valence-electron chi connectivity index (χ0n) is 20.7. The Morgan fingerprint density at radius 1 is 1.24 bits per heavy atom. The van der Waals surface area contributed by atoms with Crippen molar-refractivity contribution in [2.24, 2.45) is 17.8 Å². The Morgan fingerprint density at radius 2 is 1.91 bits per heavy atom. The lowest BCUT2D eigenvalue weighted by molar-refractivity contribution is -0.143. The average molecular weight is 488 g/mol. The third-order valence-corrected chi connectivity index (χ3v) is 9.55. The molecule has 3 amide bonds. The minimum Gasteiger partial charge on any atom is -0.394 e. The average Bonchev–Trinajstić information content (AvgIpc) is 3.36. The Kier molecular flexibility index (Phi) is 6.77. The zero-order chi connectivity index (χ0) is 24.8. The predicted molar refractivity (Wildman–Crippen MR) is 133 cm³/mol. The van der Waals surface area contributed by atoms with Crippen LogP contribution in [-0.4, -0.2) is 62.5 Å². The summed E-state index contributed by atoms with van der Waals surface area (Å²) in [5, 5.41) is 16.6. The van der Waals surface area contributed by atoms with Gasteiger partial charge in [0.25, 0.3) is 0 Å². The van der Waals surface area contributed by atoms with Gasteiger partial charge in [0.1, 0.15) is 6.04 Å². The number of rotatable bonds is 7. The van der Waals surface area contributed by atoms with E-state index >= 15 is 0 Å². The molecule has 186 valence electrons. The molecule has 1 aromatic carbocycles. The van der Waals surface area contributed by atoms with Crippen LogP contribution >= 0.6 is 11.8 Å². The van der Waals surface area contributed by atoms with Gasteiger partial charge in [0.2, 0.25) is 17.7 Å². The number of carbonyl (C=O) groups excluding carboxylic acids is 3. The molecule has 0 aliphatic carbocycles. The molecule has 0 radical (unpaired) electrons. The highest BCUT2D eigenvalue weighted by molar-refractivity contribution is 8.02. The van der Waals surface area contributed by atoms with Gasteiger partial charge in [-0.1, -0.05) is 44.2 Å². The molecule has 34 heavy (non-hydrogen) atoms. The van der Waals surface area contributed by atoms with Crippen LogP contribution in [0, 0.1) is 17.8 Å². The first kappa shape index (κ1) is 25.0. The van der Waals surface area contributed by atoms with Crippen LogP contribution in [0.15, 0.2) is 30.3 Å². The monoisotopic (exact) mass is 487 g/mol. The van der Waals surface area contributed by atoms with Crippen molar-refractivity contribution in [2.75, 3.05) is 13.2 Å². The summed E-state index contributed by atoms with van der Waals surface area (Å²) >= 11 is 1.65. The van der Waals surface area contributed by atoms with Gasteiger partial charge < -0.3 is 20.6 Å². The van der Waals surface area contributed by atoms with Gasteiger partial charge in [0.15, 0.2) is 0 Å². The summed E-state index contributed by atoms with van der Waals surface area (Å²) in [6, 6.07) is 7.94. The van der Waals surface area contributed by atoms with Crippen molar-refractivity contribution in [1.29, 1.82) is 0 Å². The summed E-state index contributed by atoms with van der Waals surface area (Å²) in [6.45, 7) is 10.1. The molecule has 3 unspecified atom stereocenters. The molecule has 7 nitrogen and oxygen atoms in total. The second kappa shape index (κ2) is 9.19. The van der Waals surface area contributed by atoms with Gasteiger partial charge in [0.05, 0.1) is 29.2 Å². The molecule has 8 heteroatoms. The first-order valence-corrected chi connectivity index (χ1v) is 13.2. The van der Waals surface area contributed by atoms with Crippen molar-refractivity contribution in [1.82, 2.24) is 15.5 Å². The maximum Gasteiger partial charge on any atom is 0.244 e. The molecule has 3 N–H and O–H groups in total. The van der Waals surface area contributed by atoms with Crippen molar-refractivity contribution in [3.63, 3.8) is 0 Å². The fourth-order valence-corrected chi connectivity index (χ4v) is 8.64. The summed E-state index contributed by atoms with van der Waals surface area (Å²) in [5.74, 6) is -1.48. The molecule has 3 aliphatic rings. The zero-order valence-corrected chi connectivity index (χ0v) is 21.5. The maximum absolute atomic E-state index is 14.2. The number of aliphatic hydroxyl groups is 1. The third-order valence-electron chi connectivity index (χ3n) is 7.47. The van der Waals surface area contributed by atoms with E-state index in [1.54, 1.807) is 16.7 Å². The van der Waals surface area contributed by atoms with Crippen molar-refractivity contribution < 1.29 is 19.5 Å².